The molecule has 0 atom stereocenters. The van der Waals surface area contributed by atoms with Crippen molar-refractivity contribution in [3.63, 3.8) is 0 Å². The summed E-state index contributed by atoms with van der Waals surface area (Å²) in [6.45, 7) is 1.71. The first-order valence-electron chi connectivity index (χ1n) is 6.41. The first-order chi connectivity index (χ1) is 9.75. The minimum Gasteiger partial charge on any atom is -0.386 e. The molecule has 0 saturated heterocycles. The van der Waals surface area contributed by atoms with Crippen LogP contribution in [0.2, 0.25) is 0 Å². The van der Waals surface area contributed by atoms with Gasteiger partial charge in [0.2, 0.25) is 0 Å². The fraction of sp³-hybridized carbons (Fsp3) is 0.0588. The molecule has 0 aliphatic carbocycles. The van der Waals surface area contributed by atoms with Gasteiger partial charge in [0.15, 0.2) is 0 Å². The summed E-state index contributed by atoms with van der Waals surface area (Å²) in [6.07, 6.45) is 3.79. The first kappa shape index (κ1) is 13.7. The summed E-state index contributed by atoms with van der Waals surface area (Å²) in [4.78, 5) is 0. The van der Waals surface area contributed by atoms with E-state index in [4.69, 9.17) is 5.73 Å². The van der Waals surface area contributed by atoms with Crippen LogP contribution >= 0.6 is 0 Å². The van der Waals surface area contributed by atoms with Crippen LogP contribution in [0.4, 0.5) is 0 Å². The number of nitrogens with zero attached hydrogens (tertiary/aromatic N) is 2. The van der Waals surface area contributed by atoms with E-state index >= 15 is 0 Å². The quantitative estimate of drug-likeness (QED) is 0.390. The monoisotopic (exact) mass is 263 g/mol. The maximum atomic E-state index is 5.49. The molecule has 0 unspecified atom stereocenters. The normalized spacial score (nSPS) is 12.8. The van der Waals surface area contributed by atoms with E-state index in [0.717, 1.165) is 16.7 Å². The van der Waals surface area contributed by atoms with E-state index in [-0.39, 0.29) is 0 Å². The van der Waals surface area contributed by atoms with Gasteiger partial charge >= 0.3 is 0 Å². The number of allylic oxidation sites excluding steroid dienone is 1. The van der Waals surface area contributed by atoms with Crippen molar-refractivity contribution in [2.45, 2.75) is 6.92 Å². The highest BCUT2D eigenvalue weighted by Crippen LogP contribution is 2.16. The second kappa shape index (κ2) is 7.04. The highest BCUT2D eigenvalue weighted by atomic mass is 15.2. The van der Waals surface area contributed by atoms with Crippen molar-refractivity contribution in [3.8, 4) is 0 Å². The molecule has 0 radical (unpaired) electrons. The molecule has 0 amide bonds. The second-order valence-corrected chi connectivity index (χ2v) is 4.36. The van der Waals surface area contributed by atoms with Crippen LogP contribution in [-0.2, 0) is 0 Å². The average molecular weight is 263 g/mol. The molecule has 0 bridgehead atoms. The van der Waals surface area contributed by atoms with Crippen molar-refractivity contribution >= 4 is 23.7 Å². The van der Waals surface area contributed by atoms with Gasteiger partial charge in [-0.1, -0.05) is 60.7 Å². The average Bonchev–Trinajstić information content (AvgIpc) is 2.48. The highest BCUT2D eigenvalue weighted by Gasteiger charge is 1.98. The second-order valence-electron chi connectivity index (χ2n) is 4.36. The van der Waals surface area contributed by atoms with Gasteiger partial charge in [0, 0.05) is 5.57 Å². The number of rotatable bonds is 4. The van der Waals surface area contributed by atoms with E-state index in [0.29, 0.717) is 5.84 Å². The van der Waals surface area contributed by atoms with Gasteiger partial charge < -0.3 is 5.73 Å². The lowest BCUT2D eigenvalue weighted by molar-refractivity contribution is 1.23. The van der Waals surface area contributed by atoms with Crippen LogP contribution in [0.25, 0.3) is 11.6 Å². The van der Waals surface area contributed by atoms with Crippen molar-refractivity contribution in [1.29, 1.82) is 0 Å². The van der Waals surface area contributed by atoms with E-state index in [1.54, 1.807) is 13.1 Å². The van der Waals surface area contributed by atoms with Gasteiger partial charge in [0.05, 0.1) is 6.21 Å². The Morgan fingerprint density at radius 3 is 2.15 bits per heavy atom. The van der Waals surface area contributed by atoms with Crippen molar-refractivity contribution in [2.24, 2.45) is 15.9 Å². The lowest BCUT2D eigenvalue weighted by atomic mass is 10.0. The minimum absolute atomic E-state index is 0.438. The Balaban J connectivity index is 2.37. The number of hydrogen-bond acceptors (Lipinski definition) is 2. The SMILES string of the molecule is CC(N)=N/N=C/C(=C/c1ccccc1)c1ccccc1. The predicted octanol–water partition coefficient (Wildman–Crippen LogP) is 3.59. The summed E-state index contributed by atoms with van der Waals surface area (Å²) in [5.74, 6) is 0.438. The summed E-state index contributed by atoms with van der Waals surface area (Å²) in [7, 11) is 0. The Hall–Kier alpha value is -2.68. The number of hydrogen-bond donors (Lipinski definition) is 1. The fourth-order valence-electron chi connectivity index (χ4n) is 1.74. The molecule has 2 aromatic carbocycles. The number of benzene rings is 2. The lowest BCUT2D eigenvalue weighted by Gasteiger charge is -2.02. The van der Waals surface area contributed by atoms with Crippen LogP contribution in [0, 0.1) is 0 Å². The van der Waals surface area contributed by atoms with Gasteiger partial charge in [-0.2, -0.15) is 5.10 Å². The van der Waals surface area contributed by atoms with Gasteiger partial charge in [0.1, 0.15) is 5.84 Å². The number of nitrogens with two attached hydrogens (primary N) is 1. The summed E-state index contributed by atoms with van der Waals surface area (Å²) in [5.41, 5.74) is 8.68. The molecule has 20 heavy (non-hydrogen) atoms. The molecule has 0 spiro atoms. The first-order valence-corrected chi connectivity index (χ1v) is 6.41. The minimum atomic E-state index is 0.438. The van der Waals surface area contributed by atoms with Gasteiger partial charge in [0.25, 0.3) is 0 Å². The van der Waals surface area contributed by atoms with Gasteiger partial charge in [-0.25, -0.2) is 0 Å². The molecule has 2 aromatic rings. The van der Waals surface area contributed by atoms with E-state index in [2.05, 4.69) is 16.3 Å². The standard InChI is InChI=1S/C17H17N3/c1-14(18)20-19-13-17(16-10-6-3-7-11-16)12-15-8-4-2-5-9-15/h2-13H,1H3,(H2,18,20)/b17-12-,19-13+. The molecule has 0 aliphatic heterocycles. The van der Waals surface area contributed by atoms with Crippen LogP contribution in [0.5, 0.6) is 0 Å². The van der Waals surface area contributed by atoms with Crippen molar-refractivity contribution in [3.05, 3.63) is 71.8 Å². The summed E-state index contributed by atoms with van der Waals surface area (Å²) >= 11 is 0. The van der Waals surface area contributed by atoms with Crippen LogP contribution in [0.15, 0.2) is 70.9 Å². The van der Waals surface area contributed by atoms with Crippen molar-refractivity contribution < 1.29 is 0 Å². The maximum Gasteiger partial charge on any atom is 0.119 e. The zero-order chi connectivity index (χ0) is 14.2. The topological polar surface area (TPSA) is 50.7 Å². The zero-order valence-corrected chi connectivity index (χ0v) is 11.4. The van der Waals surface area contributed by atoms with E-state index < -0.39 is 0 Å². The van der Waals surface area contributed by atoms with Crippen LogP contribution < -0.4 is 5.73 Å². The summed E-state index contributed by atoms with van der Waals surface area (Å²) in [5, 5.41) is 7.87. The molecule has 0 heterocycles. The van der Waals surface area contributed by atoms with E-state index in [1.165, 1.54) is 0 Å². The zero-order valence-electron chi connectivity index (χ0n) is 11.4. The molecule has 0 saturated carbocycles. The molecule has 0 aromatic heterocycles. The molecular formula is C17H17N3. The highest BCUT2D eigenvalue weighted by molar-refractivity contribution is 6.15. The molecule has 3 nitrogen and oxygen atoms in total. The lowest BCUT2D eigenvalue weighted by Crippen LogP contribution is -2.03. The third-order valence-corrected chi connectivity index (χ3v) is 2.64. The molecule has 0 fully saturated rings. The molecule has 2 rings (SSSR count). The smallest absolute Gasteiger partial charge is 0.119 e. The van der Waals surface area contributed by atoms with Crippen molar-refractivity contribution in [2.75, 3.05) is 0 Å². The molecule has 3 heteroatoms. The Bertz CT molecular complexity index is 622. The number of amidine groups is 1. The largest absolute Gasteiger partial charge is 0.386 e. The van der Waals surface area contributed by atoms with Crippen LogP contribution in [0.1, 0.15) is 18.1 Å². The Morgan fingerprint density at radius 1 is 0.950 bits per heavy atom. The Labute approximate surface area is 119 Å². The maximum absolute atomic E-state index is 5.49. The van der Waals surface area contributed by atoms with Crippen LogP contribution in [-0.4, -0.2) is 12.1 Å². The van der Waals surface area contributed by atoms with Gasteiger partial charge in [-0.15, -0.1) is 5.10 Å². The molecule has 100 valence electrons. The Morgan fingerprint density at radius 2 is 1.55 bits per heavy atom. The third kappa shape index (κ3) is 4.21. The summed E-state index contributed by atoms with van der Waals surface area (Å²) in [6, 6.07) is 20.2. The predicted molar refractivity (Wildman–Crippen MR) is 86.5 cm³/mol. The van der Waals surface area contributed by atoms with E-state index in [9.17, 15) is 0 Å². The third-order valence-electron chi connectivity index (χ3n) is 2.64. The molecule has 2 N–H and O–H groups in total. The molecular weight excluding hydrogens is 246 g/mol. The molecule has 0 aliphatic rings. The summed E-state index contributed by atoms with van der Waals surface area (Å²) < 4.78 is 0. The van der Waals surface area contributed by atoms with Gasteiger partial charge in [-0.05, 0) is 24.1 Å². The van der Waals surface area contributed by atoms with Gasteiger partial charge in [-0.3, -0.25) is 0 Å². The van der Waals surface area contributed by atoms with Crippen molar-refractivity contribution in [1.82, 2.24) is 0 Å². The van der Waals surface area contributed by atoms with E-state index in [1.807, 2.05) is 60.7 Å². The van der Waals surface area contributed by atoms with Crippen LogP contribution in [0.3, 0.4) is 0 Å². The Kier molecular flexibility index (Phi) is 4.84. The fourth-order valence-corrected chi connectivity index (χ4v) is 1.74.